The zero-order chi connectivity index (χ0) is 13.8. The molecule has 0 radical (unpaired) electrons. The van der Waals surface area contributed by atoms with Gasteiger partial charge in [-0.15, -0.1) is 0 Å². The predicted molar refractivity (Wildman–Crippen MR) is 78.4 cm³/mol. The number of nitrogens with zero attached hydrogens (tertiary/aromatic N) is 1. The van der Waals surface area contributed by atoms with Crippen molar-refractivity contribution in [2.75, 3.05) is 7.05 Å². The minimum atomic E-state index is -0.0249. The minimum Gasteiger partial charge on any atom is -0.337 e. The third-order valence-electron chi connectivity index (χ3n) is 2.96. The summed E-state index contributed by atoms with van der Waals surface area (Å²) in [5.74, 6) is -0.0249. The Morgan fingerprint density at radius 3 is 2.47 bits per heavy atom. The van der Waals surface area contributed by atoms with Crippen molar-refractivity contribution < 1.29 is 4.79 Å². The van der Waals surface area contributed by atoms with Gasteiger partial charge in [0, 0.05) is 24.2 Å². The van der Waals surface area contributed by atoms with Crippen LogP contribution in [-0.4, -0.2) is 17.9 Å². The SMILES string of the molecule is Cc1ccc(CN(C)C(=O)c2cccc(Cl)c2)cc1. The van der Waals surface area contributed by atoms with Gasteiger partial charge >= 0.3 is 0 Å². The first-order chi connectivity index (χ1) is 9.06. The maximum atomic E-state index is 12.2. The molecule has 0 heterocycles. The molecule has 0 aliphatic carbocycles. The van der Waals surface area contributed by atoms with Crippen LogP contribution in [0.3, 0.4) is 0 Å². The van der Waals surface area contributed by atoms with Crippen molar-refractivity contribution >= 4 is 17.5 Å². The highest BCUT2D eigenvalue weighted by Gasteiger charge is 2.12. The Hall–Kier alpha value is -1.80. The second-order valence-corrected chi connectivity index (χ2v) is 5.09. The van der Waals surface area contributed by atoms with Gasteiger partial charge in [-0.05, 0) is 30.7 Å². The minimum absolute atomic E-state index is 0.0249. The Kier molecular flexibility index (Phi) is 4.23. The Bertz CT molecular complexity index is 578. The number of hydrogen-bond acceptors (Lipinski definition) is 1. The first-order valence-corrected chi connectivity index (χ1v) is 6.50. The molecule has 0 aromatic heterocycles. The molecule has 0 unspecified atom stereocenters. The smallest absolute Gasteiger partial charge is 0.253 e. The van der Waals surface area contributed by atoms with Crippen LogP contribution in [0.1, 0.15) is 21.5 Å². The summed E-state index contributed by atoms with van der Waals surface area (Å²) in [6.45, 7) is 2.64. The van der Waals surface area contributed by atoms with Crippen molar-refractivity contribution in [3.63, 3.8) is 0 Å². The Labute approximate surface area is 118 Å². The van der Waals surface area contributed by atoms with Crippen LogP contribution >= 0.6 is 11.6 Å². The van der Waals surface area contributed by atoms with Crippen molar-refractivity contribution in [1.82, 2.24) is 4.90 Å². The van der Waals surface area contributed by atoms with Gasteiger partial charge in [-0.25, -0.2) is 0 Å². The molecule has 0 aliphatic rings. The molecule has 2 aromatic carbocycles. The molecule has 0 atom stereocenters. The molecule has 0 spiro atoms. The molecule has 0 saturated heterocycles. The van der Waals surface area contributed by atoms with E-state index in [9.17, 15) is 4.79 Å². The molecule has 2 aromatic rings. The van der Waals surface area contributed by atoms with Gasteiger partial charge in [0.2, 0.25) is 0 Å². The van der Waals surface area contributed by atoms with Gasteiger partial charge in [-0.1, -0.05) is 47.5 Å². The second kappa shape index (κ2) is 5.89. The van der Waals surface area contributed by atoms with E-state index in [-0.39, 0.29) is 5.91 Å². The van der Waals surface area contributed by atoms with Crippen molar-refractivity contribution in [2.24, 2.45) is 0 Å². The number of carbonyl (C=O) groups excluding carboxylic acids is 1. The zero-order valence-electron chi connectivity index (χ0n) is 11.1. The highest BCUT2D eigenvalue weighted by atomic mass is 35.5. The molecule has 0 aliphatic heterocycles. The number of carbonyl (C=O) groups is 1. The quantitative estimate of drug-likeness (QED) is 0.830. The van der Waals surface area contributed by atoms with Crippen molar-refractivity contribution in [3.05, 3.63) is 70.2 Å². The van der Waals surface area contributed by atoms with E-state index in [1.807, 2.05) is 31.2 Å². The summed E-state index contributed by atoms with van der Waals surface area (Å²) in [5.41, 5.74) is 2.94. The fraction of sp³-hybridized carbons (Fsp3) is 0.188. The fourth-order valence-electron chi connectivity index (χ4n) is 1.88. The summed E-state index contributed by atoms with van der Waals surface area (Å²) in [5, 5.41) is 0.578. The first kappa shape index (κ1) is 13.6. The normalized spacial score (nSPS) is 10.3. The van der Waals surface area contributed by atoms with Crippen LogP contribution in [0.5, 0.6) is 0 Å². The third-order valence-corrected chi connectivity index (χ3v) is 3.19. The third kappa shape index (κ3) is 3.58. The molecule has 2 rings (SSSR count). The molecule has 0 N–H and O–H groups in total. The molecule has 0 fully saturated rings. The molecule has 0 bridgehead atoms. The summed E-state index contributed by atoms with van der Waals surface area (Å²) < 4.78 is 0. The van der Waals surface area contributed by atoms with Crippen LogP contribution in [0.2, 0.25) is 5.02 Å². The number of halogens is 1. The largest absolute Gasteiger partial charge is 0.337 e. The Balaban J connectivity index is 2.09. The summed E-state index contributed by atoms with van der Waals surface area (Å²) in [6, 6.07) is 15.2. The van der Waals surface area contributed by atoms with Gasteiger partial charge in [-0.2, -0.15) is 0 Å². The monoisotopic (exact) mass is 273 g/mol. The maximum Gasteiger partial charge on any atom is 0.253 e. The molecular weight excluding hydrogens is 258 g/mol. The van der Waals surface area contributed by atoms with Crippen LogP contribution in [0.15, 0.2) is 48.5 Å². The highest BCUT2D eigenvalue weighted by molar-refractivity contribution is 6.30. The molecule has 2 nitrogen and oxygen atoms in total. The van der Waals surface area contributed by atoms with E-state index in [0.717, 1.165) is 5.56 Å². The van der Waals surface area contributed by atoms with Gasteiger partial charge in [0.25, 0.3) is 5.91 Å². The summed E-state index contributed by atoms with van der Waals surface area (Å²) in [7, 11) is 1.79. The summed E-state index contributed by atoms with van der Waals surface area (Å²) in [4.78, 5) is 13.9. The van der Waals surface area contributed by atoms with Crippen molar-refractivity contribution in [3.8, 4) is 0 Å². The lowest BCUT2D eigenvalue weighted by atomic mass is 10.1. The van der Waals surface area contributed by atoms with Gasteiger partial charge < -0.3 is 4.90 Å². The summed E-state index contributed by atoms with van der Waals surface area (Å²) >= 11 is 5.90. The van der Waals surface area contributed by atoms with Gasteiger partial charge in [-0.3, -0.25) is 4.79 Å². The number of amides is 1. The number of aryl methyl sites for hydroxylation is 1. The predicted octanol–water partition coefficient (Wildman–Crippen LogP) is 3.92. The molecule has 98 valence electrons. The average molecular weight is 274 g/mol. The van der Waals surface area contributed by atoms with Crippen LogP contribution in [0, 0.1) is 6.92 Å². The van der Waals surface area contributed by atoms with Crippen LogP contribution in [-0.2, 0) is 6.54 Å². The van der Waals surface area contributed by atoms with Gasteiger partial charge in [0.1, 0.15) is 0 Å². The van der Waals surface area contributed by atoms with Crippen molar-refractivity contribution in [1.29, 1.82) is 0 Å². The van der Waals surface area contributed by atoms with Crippen molar-refractivity contribution in [2.45, 2.75) is 13.5 Å². The lowest BCUT2D eigenvalue weighted by molar-refractivity contribution is 0.0785. The van der Waals surface area contributed by atoms with Crippen LogP contribution in [0.25, 0.3) is 0 Å². The van der Waals surface area contributed by atoms with E-state index >= 15 is 0 Å². The molecule has 19 heavy (non-hydrogen) atoms. The number of benzene rings is 2. The second-order valence-electron chi connectivity index (χ2n) is 4.66. The number of rotatable bonds is 3. The first-order valence-electron chi connectivity index (χ1n) is 6.13. The lowest BCUT2D eigenvalue weighted by Gasteiger charge is -2.17. The van der Waals surface area contributed by atoms with E-state index in [1.54, 1.807) is 36.2 Å². The fourth-order valence-corrected chi connectivity index (χ4v) is 2.07. The average Bonchev–Trinajstić information content (AvgIpc) is 2.40. The van der Waals surface area contributed by atoms with E-state index < -0.39 is 0 Å². The van der Waals surface area contributed by atoms with E-state index in [1.165, 1.54) is 5.56 Å². The zero-order valence-corrected chi connectivity index (χ0v) is 11.8. The standard InChI is InChI=1S/C16H16ClNO/c1-12-6-8-13(9-7-12)11-18(2)16(19)14-4-3-5-15(17)10-14/h3-10H,11H2,1-2H3. The molecule has 3 heteroatoms. The van der Waals surface area contributed by atoms with Gasteiger partial charge in [0.15, 0.2) is 0 Å². The van der Waals surface area contributed by atoms with E-state index in [0.29, 0.717) is 17.1 Å². The van der Waals surface area contributed by atoms with Crippen LogP contribution in [0.4, 0.5) is 0 Å². The van der Waals surface area contributed by atoms with E-state index in [2.05, 4.69) is 0 Å². The summed E-state index contributed by atoms with van der Waals surface area (Å²) in [6.07, 6.45) is 0. The maximum absolute atomic E-state index is 12.2. The van der Waals surface area contributed by atoms with Gasteiger partial charge in [0.05, 0.1) is 0 Å². The molecule has 1 amide bonds. The van der Waals surface area contributed by atoms with E-state index in [4.69, 9.17) is 11.6 Å². The highest BCUT2D eigenvalue weighted by Crippen LogP contribution is 2.14. The number of hydrogen-bond donors (Lipinski definition) is 0. The molecular formula is C16H16ClNO. The molecule has 0 saturated carbocycles. The van der Waals surface area contributed by atoms with Crippen LogP contribution < -0.4 is 0 Å². The Morgan fingerprint density at radius 2 is 1.84 bits per heavy atom. The lowest BCUT2D eigenvalue weighted by Crippen LogP contribution is -2.26. The topological polar surface area (TPSA) is 20.3 Å². The Morgan fingerprint density at radius 1 is 1.16 bits per heavy atom.